The lowest BCUT2D eigenvalue weighted by Crippen LogP contribution is -2.40. The van der Waals surface area contributed by atoms with E-state index < -0.39 is 0 Å². The molecule has 0 radical (unpaired) electrons. The Balaban J connectivity index is 2.18. The molecular weight excluding hydrogens is 188 g/mol. The molecule has 0 aromatic heterocycles. The monoisotopic (exact) mass is 214 g/mol. The number of nitrogens with one attached hydrogen (secondary N) is 1. The van der Waals surface area contributed by atoms with Gasteiger partial charge in [-0.2, -0.15) is 0 Å². The molecule has 0 saturated heterocycles. The summed E-state index contributed by atoms with van der Waals surface area (Å²) in [5.74, 6) is 1.23. The molecule has 1 aliphatic rings. The van der Waals surface area contributed by atoms with E-state index in [4.69, 9.17) is 5.73 Å². The zero-order chi connectivity index (χ0) is 11.3. The van der Waals surface area contributed by atoms with Gasteiger partial charge in [0, 0.05) is 6.04 Å². The summed E-state index contributed by atoms with van der Waals surface area (Å²) in [4.78, 5) is 0. The number of aliphatic hydroxyl groups is 1. The van der Waals surface area contributed by atoms with Crippen LogP contribution >= 0.6 is 0 Å². The van der Waals surface area contributed by atoms with E-state index in [1.165, 1.54) is 0 Å². The Bertz CT molecular complexity index is 165. The quantitative estimate of drug-likeness (QED) is 0.642. The van der Waals surface area contributed by atoms with Crippen molar-refractivity contribution < 1.29 is 5.11 Å². The largest absolute Gasteiger partial charge is 0.393 e. The molecule has 0 bridgehead atoms. The van der Waals surface area contributed by atoms with E-state index in [1.807, 2.05) is 0 Å². The average Bonchev–Trinajstić information content (AvgIpc) is 2.21. The molecule has 0 amide bonds. The summed E-state index contributed by atoms with van der Waals surface area (Å²) in [5, 5.41) is 13.0. The third-order valence-electron chi connectivity index (χ3n) is 3.61. The summed E-state index contributed by atoms with van der Waals surface area (Å²) in [6.45, 7) is 6.24. The van der Waals surface area contributed by atoms with Crippen molar-refractivity contribution in [3.8, 4) is 0 Å². The van der Waals surface area contributed by atoms with E-state index in [1.54, 1.807) is 0 Å². The van der Waals surface area contributed by atoms with E-state index in [9.17, 15) is 5.11 Å². The van der Waals surface area contributed by atoms with Crippen molar-refractivity contribution in [1.82, 2.24) is 5.32 Å². The van der Waals surface area contributed by atoms with Gasteiger partial charge in [-0.25, -0.2) is 0 Å². The normalized spacial score (nSPS) is 29.4. The minimum atomic E-state index is -0.0570. The number of nitrogens with two attached hydrogens (primary N) is 1. The maximum absolute atomic E-state index is 9.39. The maximum atomic E-state index is 9.39. The first-order chi connectivity index (χ1) is 7.13. The Hall–Kier alpha value is -0.120. The molecule has 3 nitrogen and oxygen atoms in total. The lowest BCUT2D eigenvalue weighted by atomic mass is 9.91. The Kier molecular flexibility index (Phi) is 5.58. The fourth-order valence-corrected chi connectivity index (χ4v) is 2.19. The van der Waals surface area contributed by atoms with Crippen LogP contribution < -0.4 is 11.1 Å². The second kappa shape index (κ2) is 6.46. The number of aliphatic hydroxyl groups excluding tert-OH is 1. The fourth-order valence-electron chi connectivity index (χ4n) is 2.19. The molecular formula is C12H26N2O. The standard InChI is InChI=1S/C12H26N2O/c1-9(2)10(7-13)8-14-11-3-5-12(15)6-4-11/h9-12,14-15H,3-8,13H2,1-2H3. The topological polar surface area (TPSA) is 58.3 Å². The minimum Gasteiger partial charge on any atom is -0.393 e. The Morgan fingerprint density at radius 3 is 2.33 bits per heavy atom. The SMILES string of the molecule is CC(C)C(CN)CNC1CCC(O)CC1. The van der Waals surface area contributed by atoms with Crippen LogP contribution in [0.5, 0.6) is 0 Å². The highest BCUT2D eigenvalue weighted by molar-refractivity contribution is 4.78. The highest BCUT2D eigenvalue weighted by Crippen LogP contribution is 2.19. The molecule has 0 spiro atoms. The zero-order valence-electron chi connectivity index (χ0n) is 10.1. The second-order valence-electron chi connectivity index (χ2n) is 5.15. The van der Waals surface area contributed by atoms with Gasteiger partial charge in [0.2, 0.25) is 0 Å². The van der Waals surface area contributed by atoms with Gasteiger partial charge in [0.15, 0.2) is 0 Å². The molecule has 1 fully saturated rings. The van der Waals surface area contributed by atoms with Crippen LogP contribution in [0, 0.1) is 11.8 Å². The Morgan fingerprint density at radius 1 is 1.27 bits per heavy atom. The Labute approximate surface area is 93.4 Å². The third kappa shape index (κ3) is 4.49. The van der Waals surface area contributed by atoms with Gasteiger partial charge in [-0.15, -0.1) is 0 Å². The summed E-state index contributed by atoms with van der Waals surface area (Å²) in [6.07, 6.45) is 4.06. The smallest absolute Gasteiger partial charge is 0.0541 e. The van der Waals surface area contributed by atoms with E-state index in [-0.39, 0.29) is 6.10 Å². The first kappa shape index (κ1) is 12.9. The molecule has 0 aliphatic heterocycles. The van der Waals surface area contributed by atoms with Crippen LogP contribution in [0.2, 0.25) is 0 Å². The molecule has 1 unspecified atom stereocenters. The highest BCUT2D eigenvalue weighted by atomic mass is 16.3. The predicted octanol–water partition coefficient (Wildman–Crippen LogP) is 1.11. The fraction of sp³-hybridized carbons (Fsp3) is 1.00. The molecule has 0 heterocycles. The average molecular weight is 214 g/mol. The Morgan fingerprint density at radius 2 is 1.87 bits per heavy atom. The van der Waals surface area contributed by atoms with Crippen molar-refractivity contribution in [2.45, 2.75) is 51.7 Å². The predicted molar refractivity (Wildman–Crippen MR) is 63.6 cm³/mol. The summed E-state index contributed by atoms with van der Waals surface area (Å²) in [6, 6.07) is 0.598. The van der Waals surface area contributed by atoms with E-state index >= 15 is 0 Å². The van der Waals surface area contributed by atoms with Gasteiger partial charge < -0.3 is 16.2 Å². The highest BCUT2D eigenvalue weighted by Gasteiger charge is 2.20. The first-order valence-corrected chi connectivity index (χ1v) is 6.25. The van der Waals surface area contributed by atoms with Crippen molar-refractivity contribution in [2.75, 3.05) is 13.1 Å². The van der Waals surface area contributed by atoms with Crippen molar-refractivity contribution in [1.29, 1.82) is 0 Å². The van der Waals surface area contributed by atoms with Gasteiger partial charge in [-0.3, -0.25) is 0 Å². The zero-order valence-corrected chi connectivity index (χ0v) is 10.1. The summed E-state index contributed by atoms with van der Waals surface area (Å²) in [5.41, 5.74) is 5.73. The number of rotatable bonds is 5. The van der Waals surface area contributed by atoms with Crippen LogP contribution in [0.1, 0.15) is 39.5 Å². The molecule has 1 saturated carbocycles. The van der Waals surface area contributed by atoms with Crippen molar-refractivity contribution >= 4 is 0 Å². The molecule has 1 aliphatic carbocycles. The first-order valence-electron chi connectivity index (χ1n) is 6.25. The van der Waals surface area contributed by atoms with Crippen LogP contribution in [0.25, 0.3) is 0 Å². The summed E-state index contributed by atoms with van der Waals surface area (Å²) < 4.78 is 0. The lowest BCUT2D eigenvalue weighted by molar-refractivity contribution is 0.115. The van der Waals surface area contributed by atoms with Crippen LogP contribution in [0.4, 0.5) is 0 Å². The molecule has 1 rings (SSSR count). The van der Waals surface area contributed by atoms with Gasteiger partial charge in [0.05, 0.1) is 6.10 Å². The van der Waals surface area contributed by atoms with Crippen LogP contribution in [-0.2, 0) is 0 Å². The molecule has 90 valence electrons. The molecule has 4 N–H and O–H groups in total. The van der Waals surface area contributed by atoms with Gasteiger partial charge >= 0.3 is 0 Å². The number of hydrogen-bond donors (Lipinski definition) is 3. The van der Waals surface area contributed by atoms with Crippen LogP contribution in [0.3, 0.4) is 0 Å². The van der Waals surface area contributed by atoms with E-state index in [0.29, 0.717) is 17.9 Å². The lowest BCUT2D eigenvalue weighted by Gasteiger charge is -2.29. The van der Waals surface area contributed by atoms with Crippen LogP contribution in [-0.4, -0.2) is 30.3 Å². The molecule has 3 heteroatoms. The van der Waals surface area contributed by atoms with Gasteiger partial charge in [-0.05, 0) is 50.6 Å². The number of hydrogen-bond acceptors (Lipinski definition) is 3. The summed E-state index contributed by atoms with van der Waals surface area (Å²) >= 11 is 0. The minimum absolute atomic E-state index is 0.0570. The molecule has 0 aromatic rings. The van der Waals surface area contributed by atoms with E-state index in [0.717, 1.165) is 38.8 Å². The van der Waals surface area contributed by atoms with Crippen molar-refractivity contribution in [3.05, 3.63) is 0 Å². The maximum Gasteiger partial charge on any atom is 0.0541 e. The molecule has 1 atom stereocenters. The van der Waals surface area contributed by atoms with Gasteiger partial charge in [0.1, 0.15) is 0 Å². The third-order valence-corrected chi connectivity index (χ3v) is 3.61. The van der Waals surface area contributed by atoms with Crippen LogP contribution in [0.15, 0.2) is 0 Å². The second-order valence-corrected chi connectivity index (χ2v) is 5.15. The van der Waals surface area contributed by atoms with Crippen molar-refractivity contribution in [2.24, 2.45) is 17.6 Å². The van der Waals surface area contributed by atoms with Crippen molar-refractivity contribution in [3.63, 3.8) is 0 Å². The van der Waals surface area contributed by atoms with E-state index in [2.05, 4.69) is 19.2 Å². The van der Waals surface area contributed by atoms with Gasteiger partial charge in [-0.1, -0.05) is 13.8 Å². The van der Waals surface area contributed by atoms with Gasteiger partial charge in [0.25, 0.3) is 0 Å². The molecule has 15 heavy (non-hydrogen) atoms. The summed E-state index contributed by atoms with van der Waals surface area (Å²) in [7, 11) is 0. The molecule has 0 aromatic carbocycles.